The first-order valence-electron chi connectivity index (χ1n) is 11.9. The van der Waals surface area contributed by atoms with Crippen LogP contribution in [0.3, 0.4) is 0 Å². The molecule has 184 valence electrons. The fraction of sp³-hybridized carbons (Fsp3) is 0.500. The van der Waals surface area contributed by atoms with Gasteiger partial charge in [0.05, 0.1) is 12.2 Å². The van der Waals surface area contributed by atoms with E-state index in [0.717, 1.165) is 45.7 Å². The van der Waals surface area contributed by atoms with Crippen LogP contribution in [0.25, 0.3) is 16.0 Å². The lowest BCUT2D eigenvalue weighted by Crippen LogP contribution is -2.29. The summed E-state index contributed by atoms with van der Waals surface area (Å²) in [5, 5.41) is 0. The molecular weight excluding hydrogens is 446 g/mol. The van der Waals surface area contributed by atoms with Crippen molar-refractivity contribution in [1.29, 1.82) is 0 Å². The fourth-order valence-corrected chi connectivity index (χ4v) is 5.52. The van der Waals surface area contributed by atoms with E-state index in [4.69, 9.17) is 15.2 Å². The number of primary amides is 1. The molecule has 0 bridgehead atoms. The van der Waals surface area contributed by atoms with Gasteiger partial charge in [-0.05, 0) is 82.6 Å². The van der Waals surface area contributed by atoms with Crippen molar-refractivity contribution in [3.8, 4) is 10.4 Å². The molecule has 1 unspecified atom stereocenters. The molecule has 0 fully saturated rings. The van der Waals surface area contributed by atoms with E-state index in [1.165, 1.54) is 5.57 Å². The van der Waals surface area contributed by atoms with Crippen LogP contribution in [0.1, 0.15) is 93.3 Å². The number of thiophene rings is 1. The standard InChI is InChI=1S/C28H37NO4S/c1-8-32-26(31)23(33-27(3,4)5)21-17(2)34-24(19-10-9-11-20(16-19)25(29)30)22(21)18-12-14-28(6,7)15-13-18/h9-12,16,23H,8,13-15H2,1-7H3,(H2,29,30). The number of carbonyl (C=O) groups excluding carboxylic acids is 2. The molecule has 6 heteroatoms. The molecule has 0 radical (unpaired) electrons. The summed E-state index contributed by atoms with van der Waals surface area (Å²) in [4.78, 5) is 27.1. The second-order valence-electron chi connectivity index (χ2n) is 10.7. The predicted octanol–water partition coefficient (Wildman–Crippen LogP) is 6.84. The molecule has 3 rings (SSSR count). The molecule has 34 heavy (non-hydrogen) atoms. The van der Waals surface area contributed by atoms with Gasteiger partial charge in [-0.1, -0.05) is 32.1 Å². The lowest BCUT2D eigenvalue weighted by atomic mass is 9.76. The third-order valence-corrected chi connectivity index (χ3v) is 7.24. The van der Waals surface area contributed by atoms with Gasteiger partial charge in [0.25, 0.3) is 0 Å². The molecule has 1 amide bonds. The van der Waals surface area contributed by atoms with Gasteiger partial charge in [0.15, 0.2) is 6.10 Å². The van der Waals surface area contributed by atoms with Crippen LogP contribution in [0.4, 0.5) is 0 Å². The molecule has 1 atom stereocenters. The van der Waals surface area contributed by atoms with E-state index in [1.54, 1.807) is 24.3 Å². The second-order valence-corrected chi connectivity index (χ2v) is 11.9. The summed E-state index contributed by atoms with van der Waals surface area (Å²) in [6, 6.07) is 7.39. The number of allylic oxidation sites excluding steroid dienone is 2. The number of ether oxygens (including phenoxy) is 2. The van der Waals surface area contributed by atoms with Gasteiger partial charge in [-0.15, -0.1) is 11.3 Å². The molecule has 1 heterocycles. The summed E-state index contributed by atoms with van der Waals surface area (Å²) in [5.74, 6) is -0.843. The minimum Gasteiger partial charge on any atom is -0.464 e. The Morgan fingerprint density at radius 2 is 1.94 bits per heavy atom. The summed E-state index contributed by atoms with van der Waals surface area (Å²) < 4.78 is 11.8. The number of nitrogens with two attached hydrogens (primary N) is 1. The zero-order valence-electron chi connectivity index (χ0n) is 21.4. The van der Waals surface area contributed by atoms with Crippen molar-refractivity contribution in [2.45, 2.75) is 79.4 Å². The minimum atomic E-state index is -0.838. The summed E-state index contributed by atoms with van der Waals surface area (Å²) in [5.41, 5.74) is 9.74. The zero-order valence-corrected chi connectivity index (χ0v) is 22.2. The third-order valence-electron chi connectivity index (χ3n) is 6.07. The molecule has 2 aromatic rings. The maximum Gasteiger partial charge on any atom is 0.340 e. The fourth-order valence-electron chi connectivity index (χ4n) is 4.31. The van der Waals surface area contributed by atoms with Crippen LogP contribution in [0.2, 0.25) is 0 Å². The van der Waals surface area contributed by atoms with E-state index in [0.29, 0.717) is 5.56 Å². The Morgan fingerprint density at radius 3 is 2.50 bits per heavy atom. The lowest BCUT2D eigenvalue weighted by molar-refractivity contribution is -0.166. The van der Waals surface area contributed by atoms with Crippen LogP contribution in [-0.4, -0.2) is 24.1 Å². The van der Waals surface area contributed by atoms with Gasteiger partial charge >= 0.3 is 5.97 Å². The Balaban J connectivity index is 2.27. The van der Waals surface area contributed by atoms with Crippen LogP contribution in [0.15, 0.2) is 30.3 Å². The number of esters is 1. The number of hydrogen-bond acceptors (Lipinski definition) is 5. The number of rotatable bonds is 7. The smallest absolute Gasteiger partial charge is 0.340 e. The molecule has 5 nitrogen and oxygen atoms in total. The first kappa shape index (κ1) is 26.2. The molecule has 1 aliphatic rings. The van der Waals surface area contributed by atoms with E-state index in [-0.39, 0.29) is 18.0 Å². The van der Waals surface area contributed by atoms with Gasteiger partial charge in [0.2, 0.25) is 5.91 Å². The maximum absolute atomic E-state index is 13.2. The average Bonchev–Trinajstić information content (AvgIpc) is 3.08. The SMILES string of the molecule is CCOC(=O)C(OC(C)(C)C)c1c(C)sc(-c2cccc(C(N)=O)c2)c1C1=CCC(C)(C)CC1. The highest BCUT2D eigenvalue weighted by atomic mass is 32.1. The van der Waals surface area contributed by atoms with Crippen LogP contribution in [-0.2, 0) is 14.3 Å². The third kappa shape index (κ3) is 5.97. The van der Waals surface area contributed by atoms with Crippen molar-refractivity contribution >= 4 is 28.8 Å². The molecule has 1 aromatic carbocycles. The van der Waals surface area contributed by atoms with Gasteiger partial charge in [-0.25, -0.2) is 4.79 Å². The zero-order chi connectivity index (χ0) is 25.3. The van der Waals surface area contributed by atoms with Gasteiger partial charge in [0.1, 0.15) is 0 Å². The molecule has 0 spiro atoms. The molecule has 2 N–H and O–H groups in total. The van der Waals surface area contributed by atoms with E-state index < -0.39 is 17.6 Å². The summed E-state index contributed by atoms with van der Waals surface area (Å²) >= 11 is 1.62. The highest BCUT2D eigenvalue weighted by molar-refractivity contribution is 7.16. The van der Waals surface area contributed by atoms with Gasteiger partial charge in [-0.3, -0.25) is 4.79 Å². The van der Waals surface area contributed by atoms with E-state index in [9.17, 15) is 9.59 Å². The van der Waals surface area contributed by atoms with Crippen LogP contribution in [0, 0.1) is 12.3 Å². The van der Waals surface area contributed by atoms with Crippen molar-refractivity contribution in [1.82, 2.24) is 0 Å². The number of amides is 1. The molecule has 1 aromatic heterocycles. The largest absolute Gasteiger partial charge is 0.464 e. The number of aryl methyl sites for hydroxylation is 1. The molecular formula is C28H37NO4S. The monoisotopic (exact) mass is 483 g/mol. The predicted molar refractivity (Wildman–Crippen MR) is 139 cm³/mol. The topological polar surface area (TPSA) is 78.6 Å². The lowest BCUT2D eigenvalue weighted by Gasteiger charge is -2.31. The Kier molecular flexibility index (Phi) is 7.73. The van der Waals surface area contributed by atoms with E-state index in [1.807, 2.05) is 45.9 Å². The van der Waals surface area contributed by atoms with Crippen molar-refractivity contribution in [3.63, 3.8) is 0 Å². The molecule has 0 aliphatic heterocycles. The van der Waals surface area contributed by atoms with Crippen molar-refractivity contribution in [2.24, 2.45) is 11.1 Å². The van der Waals surface area contributed by atoms with Gasteiger partial charge in [0, 0.05) is 26.4 Å². The summed E-state index contributed by atoms with van der Waals surface area (Å²) in [7, 11) is 0. The highest BCUT2D eigenvalue weighted by Gasteiger charge is 2.36. The highest BCUT2D eigenvalue weighted by Crippen LogP contribution is 2.49. The molecule has 1 aliphatic carbocycles. The molecule has 0 saturated heterocycles. The minimum absolute atomic E-state index is 0.239. The number of hydrogen-bond donors (Lipinski definition) is 1. The van der Waals surface area contributed by atoms with E-state index >= 15 is 0 Å². The Bertz CT molecular complexity index is 1100. The van der Waals surface area contributed by atoms with Crippen molar-refractivity contribution < 1.29 is 19.1 Å². The van der Waals surface area contributed by atoms with Crippen LogP contribution >= 0.6 is 11.3 Å². The normalized spacial score (nSPS) is 16.6. The number of benzene rings is 1. The van der Waals surface area contributed by atoms with Gasteiger partial charge < -0.3 is 15.2 Å². The first-order chi connectivity index (χ1) is 15.8. The van der Waals surface area contributed by atoms with Gasteiger partial charge in [-0.2, -0.15) is 0 Å². The Morgan fingerprint density at radius 1 is 1.24 bits per heavy atom. The Labute approximate surface area is 207 Å². The quantitative estimate of drug-likeness (QED) is 0.438. The molecule has 0 saturated carbocycles. The average molecular weight is 484 g/mol. The number of carbonyl (C=O) groups is 2. The second kappa shape index (κ2) is 10.0. The van der Waals surface area contributed by atoms with E-state index in [2.05, 4.69) is 19.9 Å². The first-order valence-corrected chi connectivity index (χ1v) is 12.7. The van der Waals surface area contributed by atoms with Crippen molar-refractivity contribution in [2.75, 3.05) is 6.61 Å². The van der Waals surface area contributed by atoms with Crippen molar-refractivity contribution in [3.05, 3.63) is 51.9 Å². The Hall–Kier alpha value is -2.44. The maximum atomic E-state index is 13.2. The summed E-state index contributed by atoms with van der Waals surface area (Å²) in [6.07, 6.45) is 4.38. The van der Waals surface area contributed by atoms with Crippen LogP contribution in [0.5, 0.6) is 0 Å². The summed E-state index contributed by atoms with van der Waals surface area (Å²) in [6.45, 7) is 14.5. The van der Waals surface area contributed by atoms with Crippen LogP contribution < -0.4 is 5.73 Å².